The first-order valence-corrected chi connectivity index (χ1v) is 9.43. The van der Waals surface area contributed by atoms with Gasteiger partial charge in [0.2, 0.25) is 0 Å². The van der Waals surface area contributed by atoms with Crippen molar-refractivity contribution in [2.24, 2.45) is 0 Å². The number of alkyl halides is 3. The van der Waals surface area contributed by atoms with Crippen molar-refractivity contribution in [1.82, 2.24) is 5.32 Å². The lowest BCUT2D eigenvalue weighted by atomic mass is 10.1. The van der Waals surface area contributed by atoms with E-state index in [2.05, 4.69) is 16.0 Å². The van der Waals surface area contributed by atoms with E-state index < -0.39 is 33.2 Å². The zero-order chi connectivity index (χ0) is 24.6. The molecule has 0 saturated carbocycles. The Bertz CT molecular complexity index is 1030. The van der Waals surface area contributed by atoms with Crippen LogP contribution in [0.1, 0.15) is 15.9 Å². The molecule has 1 amide bonds. The first kappa shape index (κ1) is 25.3. The fourth-order valence-electron chi connectivity index (χ4n) is 2.74. The Hall–Kier alpha value is -3.94. The molecule has 0 fully saturated rings. The molecular weight excluding hydrogens is 451 g/mol. The summed E-state index contributed by atoms with van der Waals surface area (Å²) >= 11 is 0. The number of nitrogens with one attached hydrogen (secondary N) is 3. The summed E-state index contributed by atoms with van der Waals surface area (Å²) in [7, 11) is 1.48. The molecule has 2 aromatic rings. The van der Waals surface area contributed by atoms with Crippen LogP contribution in [0.25, 0.3) is 0 Å². The molecule has 0 aliphatic carbocycles. The van der Waals surface area contributed by atoms with E-state index >= 15 is 0 Å². The van der Waals surface area contributed by atoms with Crippen LogP contribution in [-0.4, -0.2) is 49.1 Å². The Labute approximate surface area is 185 Å². The third-order valence-electron chi connectivity index (χ3n) is 4.33. The van der Waals surface area contributed by atoms with Crippen LogP contribution in [0.4, 0.5) is 35.9 Å². The van der Waals surface area contributed by atoms with Gasteiger partial charge in [-0.3, -0.25) is 25.0 Å². The molecule has 3 N–H and O–H groups in total. The molecule has 33 heavy (non-hydrogen) atoms. The van der Waals surface area contributed by atoms with Gasteiger partial charge in [0, 0.05) is 44.4 Å². The fraction of sp³-hybridized carbons (Fsp3) is 0.316. The molecule has 0 aliphatic heterocycles. The van der Waals surface area contributed by atoms with Gasteiger partial charge in [0.05, 0.1) is 22.0 Å². The van der Waals surface area contributed by atoms with Crippen LogP contribution in [0.5, 0.6) is 0 Å². The van der Waals surface area contributed by atoms with E-state index in [1.807, 2.05) is 0 Å². The Morgan fingerprint density at radius 2 is 1.52 bits per heavy atom. The van der Waals surface area contributed by atoms with Gasteiger partial charge in [-0.2, -0.15) is 13.2 Å². The second-order valence-electron chi connectivity index (χ2n) is 6.58. The molecule has 0 atom stereocenters. The molecule has 0 saturated heterocycles. The van der Waals surface area contributed by atoms with Crippen LogP contribution in [-0.2, 0) is 10.9 Å². The molecule has 0 unspecified atom stereocenters. The lowest BCUT2D eigenvalue weighted by Gasteiger charge is -2.11. The zero-order valence-corrected chi connectivity index (χ0v) is 17.3. The summed E-state index contributed by atoms with van der Waals surface area (Å²) in [5.74, 6) is -0.634. The number of anilines is 2. The van der Waals surface area contributed by atoms with Crippen molar-refractivity contribution in [2.75, 3.05) is 44.0 Å². The number of carbonyl (C=O) groups is 1. The Kier molecular flexibility index (Phi) is 8.50. The van der Waals surface area contributed by atoms with E-state index in [1.165, 1.54) is 19.2 Å². The third-order valence-corrected chi connectivity index (χ3v) is 4.33. The quantitative estimate of drug-likeness (QED) is 0.256. The van der Waals surface area contributed by atoms with E-state index in [-0.39, 0.29) is 35.7 Å². The number of rotatable bonds is 11. The van der Waals surface area contributed by atoms with Gasteiger partial charge in [-0.25, -0.2) is 0 Å². The molecule has 178 valence electrons. The highest BCUT2D eigenvalue weighted by Gasteiger charge is 2.33. The number of carbonyl (C=O) groups excluding carboxylic acids is 1. The normalized spacial score (nSPS) is 11.0. The van der Waals surface area contributed by atoms with Gasteiger partial charge < -0.3 is 20.7 Å². The van der Waals surface area contributed by atoms with Gasteiger partial charge in [0.1, 0.15) is 11.4 Å². The highest BCUT2D eigenvalue weighted by atomic mass is 19.4. The van der Waals surface area contributed by atoms with E-state index in [0.717, 1.165) is 12.1 Å². The van der Waals surface area contributed by atoms with Crippen LogP contribution in [0, 0.1) is 20.2 Å². The van der Waals surface area contributed by atoms with Crippen LogP contribution < -0.4 is 16.0 Å². The molecule has 0 spiro atoms. The lowest BCUT2D eigenvalue weighted by Crippen LogP contribution is -2.29. The minimum absolute atomic E-state index is 0.0134. The maximum Gasteiger partial charge on any atom is 0.416 e. The van der Waals surface area contributed by atoms with Gasteiger partial charge >= 0.3 is 6.18 Å². The maximum atomic E-state index is 12.8. The maximum absolute atomic E-state index is 12.8. The van der Waals surface area contributed by atoms with E-state index in [4.69, 9.17) is 4.74 Å². The average Bonchev–Trinajstić information content (AvgIpc) is 2.76. The molecule has 0 heterocycles. The number of amides is 1. The standard InChI is InChI=1S/C19H20F3N5O6/c1-33-9-8-24-14-4-2-12(10-16(14)26(29)30)18(28)25-7-6-23-15-5-3-13(19(20,21)22)11-17(15)27(31)32/h2-5,10-11,23-24H,6-9H2,1H3,(H,25,28). The summed E-state index contributed by atoms with van der Waals surface area (Å²) in [6.07, 6.45) is -4.73. The number of nitrogens with zero attached hydrogens (tertiary/aromatic N) is 2. The predicted octanol–water partition coefficient (Wildman–Crippen LogP) is 3.42. The number of ether oxygens (including phenoxy) is 1. The second-order valence-corrected chi connectivity index (χ2v) is 6.58. The predicted molar refractivity (Wildman–Crippen MR) is 112 cm³/mol. The Balaban J connectivity index is 2.00. The minimum Gasteiger partial charge on any atom is -0.383 e. The number of methoxy groups -OCH3 is 1. The van der Waals surface area contributed by atoms with Crippen molar-refractivity contribution in [3.05, 3.63) is 67.8 Å². The fourth-order valence-corrected chi connectivity index (χ4v) is 2.74. The molecule has 14 heteroatoms. The van der Waals surface area contributed by atoms with E-state index in [0.29, 0.717) is 25.3 Å². The highest BCUT2D eigenvalue weighted by molar-refractivity contribution is 5.95. The molecule has 0 radical (unpaired) electrons. The summed E-state index contributed by atoms with van der Waals surface area (Å²) in [5, 5.41) is 30.3. The zero-order valence-electron chi connectivity index (χ0n) is 17.3. The van der Waals surface area contributed by atoms with Crippen LogP contribution in [0.3, 0.4) is 0 Å². The van der Waals surface area contributed by atoms with Gasteiger partial charge in [0.25, 0.3) is 17.3 Å². The molecule has 2 rings (SSSR count). The van der Waals surface area contributed by atoms with Gasteiger partial charge in [-0.1, -0.05) is 0 Å². The van der Waals surface area contributed by atoms with E-state index in [9.17, 15) is 38.2 Å². The van der Waals surface area contributed by atoms with Crippen molar-refractivity contribution >= 4 is 28.7 Å². The van der Waals surface area contributed by atoms with Crippen LogP contribution in [0.2, 0.25) is 0 Å². The van der Waals surface area contributed by atoms with Crippen molar-refractivity contribution in [3.63, 3.8) is 0 Å². The molecule has 0 aromatic heterocycles. The lowest BCUT2D eigenvalue weighted by molar-refractivity contribution is -0.384. The number of nitro groups is 2. The molecule has 11 nitrogen and oxygen atoms in total. The van der Waals surface area contributed by atoms with Gasteiger partial charge in [-0.05, 0) is 24.3 Å². The van der Waals surface area contributed by atoms with Gasteiger partial charge in [0.15, 0.2) is 0 Å². The second kappa shape index (κ2) is 11.1. The van der Waals surface area contributed by atoms with Crippen LogP contribution in [0.15, 0.2) is 36.4 Å². The van der Waals surface area contributed by atoms with Crippen molar-refractivity contribution in [1.29, 1.82) is 0 Å². The number of benzene rings is 2. The summed E-state index contributed by atoms with van der Waals surface area (Å²) < 4.78 is 43.1. The topological polar surface area (TPSA) is 149 Å². The summed E-state index contributed by atoms with van der Waals surface area (Å²) in [6.45, 7) is 0.545. The Morgan fingerprint density at radius 3 is 2.09 bits per heavy atom. The Morgan fingerprint density at radius 1 is 0.939 bits per heavy atom. The van der Waals surface area contributed by atoms with Crippen molar-refractivity contribution in [2.45, 2.75) is 6.18 Å². The minimum atomic E-state index is -4.73. The molecule has 0 aliphatic rings. The number of halogens is 3. The monoisotopic (exact) mass is 471 g/mol. The first-order chi connectivity index (χ1) is 15.5. The largest absolute Gasteiger partial charge is 0.416 e. The van der Waals surface area contributed by atoms with E-state index in [1.54, 1.807) is 0 Å². The molecule has 0 bridgehead atoms. The third kappa shape index (κ3) is 7.03. The SMILES string of the molecule is COCCNc1ccc(C(=O)NCCNc2ccc(C(F)(F)F)cc2[N+](=O)[O-])cc1[N+](=O)[O-]. The number of hydrogen-bond acceptors (Lipinski definition) is 8. The summed E-state index contributed by atoms with van der Waals surface area (Å²) in [5.41, 5.74) is -2.15. The smallest absolute Gasteiger partial charge is 0.383 e. The van der Waals surface area contributed by atoms with Crippen molar-refractivity contribution in [3.8, 4) is 0 Å². The van der Waals surface area contributed by atoms with Crippen molar-refractivity contribution < 1.29 is 32.5 Å². The number of nitro benzene ring substituents is 2. The average molecular weight is 471 g/mol. The molecule has 2 aromatic carbocycles. The first-order valence-electron chi connectivity index (χ1n) is 9.43. The van der Waals surface area contributed by atoms with Gasteiger partial charge in [-0.15, -0.1) is 0 Å². The molecular formula is C19H20F3N5O6. The number of hydrogen-bond donors (Lipinski definition) is 3. The highest BCUT2D eigenvalue weighted by Crippen LogP contribution is 2.34. The van der Waals surface area contributed by atoms with Crippen LogP contribution >= 0.6 is 0 Å². The summed E-state index contributed by atoms with van der Waals surface area (Å²) in [6, 6.07) is 5.91. The summed E-state index contributed by atoms with van der Waals surface area (Å²) in [4.78, 5) is 33.1.